The van der Waals surface area contributed by atoms with Gasteiger partial charge in [0.2, 0.25) is 4.96 Å². The van der Waals surface area contributed by atoms with Crippen molar-refractivity contribution in [1.29, 1.82) is 0 Å². The number of nitrogens with one attached hydrogen (secondary N) is 2. The first-order chi connectivity index (χ1) is 14.9. The first-order valence-electron chi connectivity index (χ1n) is 9.11. The quantitative estimate of drug-likeness (QED) is 0.428. The highest BCUT2D eigenvalue weighted by Crippen LogP contribution is 2.29. The van der Waals surface area contributed by atoms with Gasteiger partial charge in [0.15, 0.2) is 10.9 Å². The second-order valence-corrected chi connectivity index (χ2v) is 8.41. The van der Waals surface area contributed by atoms with E-state index in [1.54, 1.807) is 16.6 Å². The number of benzene rings is 2. The van der Waals surface area contributed by atoms with E-state index in [1.165, 1.54) is 24.5 Å². The third kappa shape index (κ3) is 4.36. The smallest absolute Gasteiger partial charge is 0.257 e. The summed E-state index contributed by atoms with van der Waals surface area (Å²) in [5.74, 6) is 0.845. The zero-order valence-electron chi connectivity index (χ0n) is 16.8. The maximum atomic E-state index is 12.5. The zero-order valence-corrected chi connectivity index (χ0v) is 19.2. The number of fused-ring (bicyclic) bond motifs is 1. The Morgan fingerprint density at radius 3 is 2.71 bits per heavy atom. The number of rotatable bonds is 4. The number of carbonyl (C=O) groups excluding carboxylic acids is 1. The molecule has 2 aromatic heterocycles. The van der Waals surface area contributed by atoms with Gasteiger partial charge < -0.3 is 10.1 Å². The van der Waals surface area contributed by atoms with Crippen molar-refractivity contribution in [2.75, 3.05) is 12.4 Å². The number of carbonyl (C=O) groups is 1. The summed E-state index contributed by atoms with van der Waals surface area (Å²) < 4.78 is 6.81. The van der Waals surface area contributed by atoms with Crippen LogP contribution in [0, 0.1) is 13.8 Å². The number of hydrogen-bond donors (Lipinski definition) is 2. The molecule has 0 aliphatic carbocycles. The average Bonchev–Trinajstić information content (AvgIpc) is 3.31. The van der Waals surface area contributed by atoms with Gasteiger partial charge in [0.25, 0.3) is 5.91 Å². The molecule has 0 fully saturated rings. The van der Waals surface area contributed by atoms with E-state index in [2.05, 4.69) is 25.9 Å². The van der Waals surface area contributed by atoms with Crippen molar-refractivity contribution >= 4 is 56.8 Å². The number of nitrogens with zero attached hydrogens (tertiary/aromatic N) is 4. The highest BCUT2D eigenvalue weighted by Gasteiger charge is 2.14. The molecule has 158 valence electrons. The Morgan fingerprint density at radius 1 is 1.19 bits per heavy atom. The second-order valence-electron chi connectivity index (χ2n) is 6.64. The Kier molecular flexibility index (Phi) is 5.86. The molecule has 0 radical (unpaired) electrons. The van der Waals surface area contributed by atoms with Gasteiger partial charge in [0.1, 0.15) is 10.8 Å². The summed E-state index contributed by atoms with van der Waals surface area (Å²) in [7, 11) is 1.51. The normalized spacial score (nSPS) is 10.8. The summed E-state index contributed by atoms with van der Waals surface area (Å²) in [6, 6.07) is 10.6. The number of methoxy groups -OCH3 is 1. The molecule has 0 aliphatic heterocycles. The van der Waals surface area contributed by atoms with Crippen LogP contribution in [0.1, 0.15) is 21.7 Å². The van der Waals surface area contributed by atoms with E-state index in [4.69, 9.17) is 28.6 Å². The summed E-state index contributed by atoms with van der Waals surface area (Å²) in [5.41, 5.74) is 3.00. The molecule has 8 nitrogen and oxygen atoms in total. The lowest BCUT2D eigenvalue weighted by atomic mass is 10.1. The standard InChI is InChI=1S/C20H17ClN6O2S2/c1-10-4-5-13(18-26-27-11(2)24-25-20(27)31-18)9-15(10)22-19(30)23-17(28)12-6-7-16(29-3)14(21)8-12/h4-9H,1-3H3,(H2,22,23,28,30). The van der Waals surface area contributed by atoms with Gasteiger partial charge in [-0.15, -0.1) is 10.2 Å². The zero-order chi connectivity index (χ0) is 22.1. The molecule has 2 heterocycles. The fourth-order valence-corrected chi connectivity index (χ4v) is 4.20. The van der Waals surface area contributed by atoms with E-state index in [0.29, 0.717) is 16.3 Å². The van der Waals surface area contributed by atoms with Crippen LogP contribution in [-0.4, -0.2) is 37.9 Å². The molecule has 0 saturated carbocycles. The van der Waals surface area contributed by atoms with Crippen LogP contribution >= 0.6 is 35.2 Å². The highest BCUT2D eigenvalue weighted by atomic mass is 35.5. The topological polar surface area (TPSA) is 93.4 Å². The van der Waals surface area contributed by atoms with Crippen LogP contribution in [0.5, 0.6) is 5.75 Å². The molecule has 31 heavy (non-hydrogen) atoms. The SMILES string of the molecule is COc1ccc(C(=O)NC(=S)Nc2cc(-c3nn4c(C)nnc4s3)ccc2C)cc1Cl. The molecule has 4 aromatic rings. The first kappa shape index (κ1) is 21.2. The Bertz CT molecular complexity index is 1320. The first-order valence-corrected chi connectivity index (χ1v) is 10.7. The van der Waals surface area contributed by atoms with Gasteiger partial charge in [-0.1, -0.05) is 35.1 Å². The van der Waals surface area contributed by atoms with Crippen LogP contribution in [0.25, 0.3) is 15.5 Å². The summed E-state index contributed by atoms with van der Waals surface area (Å²) in [4.78, 5) is 13.2. The van der Waals surface area contributed by atoms with E-state index in [1.807, 2.05) is 32.0 Å². The third-order valence-electron chi connectivity index (χ3n) is 4.52. The monoisotopic (exact) mass is 472 g/mol. The maximum Gasteiger partial charge on any atom is 0.257 e. The van der Waals surface area contributed by atoms with Gasteiger partial charge in [0, 0.05) is 16.8 Å². The molecule has 11 heteroatoms. The Labute approximate surface area is 192 Å². The molecule has 0 spiro atoms. The fourth-order valence-electron chi connectivity index (χ4n) is 2.86. The molecule has 0 atom stereocenters. The Morgan fingerprint density at radius 2 is 2.00 bits per heavy atom. The van der Waals surface area contributed by atoms with E-state index in [9.17, 15) is 4.79 Å². The molecule has 2 aromatic carbocycles. The molecule has 2 N–H and O–H groups in total. The number of ether oxygens (including phenoxy) is 1. The number of thiocarbonyl (C=S) groups is 1. The van der Waals surface area contributed by atoms with E-state index in [0.717, 1.165) is 32.6 Å². The van der Waals surface area contributed by atoms with Gasteiger partial charge in [-0.05, 0) is 55.9 Å². The maximum absolute atomic E-state index is 12.5. The number of aryl methyl sites for hydroxylation is 2. The third-order valence-corrected chi connectivity index (χ3v) is 5.97. The minimum absolute atomic E-state index is 0.172. The van der Waals surface area contributed by atoms with Crippen LogP contribution in [0.2, 0.25) is 5.02 Å². The van der Waals surface area contributed by atoms with Crippen molar-refractivity contribution in [2.45, 2.75) is 13.8 Å². The second kappa shape index (κ2) is 8.58. The van der Waals surface area contributed by atoms with E-state index < -0.39 is 0 Å². The Balaban J connectivity index is 1.50. The van der Waals surface area contributed by atoms with Crippen molar-refractivity contribution < 1.29 is 9.53 Å². The number of aromatic nitrogens is 4. The van der Waals surface area contributed by atoms with E-state index in [-0.39, 0.29) is 11.0 Å². The molecule has 0 unspecified atom stereocenters. The van der Waals surface area contributed by atoms with Crippen LogP contribution < -0.4 is 15.4 Å². The number of halogens is 1. The number of amides is 1. The van der Waals surface area contributed by atoms with Crippen molar-refractivity contribution in [3.05, 3.63) is 58.4 Å². The van der Waals surface area contributed by atoms with Crippen LogP contribution in [0.3, 0.4) is 0 Å². The van der Waals surface area contributed by atoms with Crippen LogP contribution in [-0.2, 0) is 0 Å². The van der Waals surface area contributed by atoms with Crippen LogP contribution in [0.15, 0.2) is 36.4 Å². The molecular formula is C20H17ClN6O2S2. The van der Waals surface area contributed by atoms with Crippen molar-refractivity contribution in [3.63, 3.8) is 0 Å². The largest absolute Gasteiger partial charge is 0.495 e. The molecular weight excluding hydrogens is 456 g/mol. The molecule has 0 bridgehead atoms. The molecule has 1 amide bonds. The molecule has 0 saturated heterocycles. The van der Waals surface area contributed by atoms with Crippen molar-refractivity contribution in [1.82, 2.24) is 25.1 Å². The summed E-state index contributed by atoms with van der Waals surface area (Å²) in [6.45, 7) is 3.80. The predicted octanol–water partition coefficient (Wildman–Crippen LogP) is 4.26. The fraction of sp³-hybridized carbons (Fsp3) is 0.150. The highest BCUT2D eigenvalue weighted by molar-refractivity contribution is 7.80. The summed E-state index contributed by atoms with van der Waals surface area (Å²) in [6.07, 6.45) is 0. The number of hydrogen-bond acceptors (Lipinski definition) is 7. The van der Waals surface area contributed by atoms with E-state index >= 15 is 0 Å². The molecule has 4 rings (SSSR count). The minimum atomic E-state index is -0.375. The van der Waals surface area contributed by atoms with Crippen molar-refractivity contribution in [2.24, 2.45) is 0 Å². The summed E-state index contributed by atoms with van der Waals surface area (Å²) in [5, 5.41) is 19.7. The molecule has 0 aliphatic rings. The van der Waals surface area contributed by atoms with Crippen LogP contribution in [0.4, 0.5) is 5.69 Å². The number of anilines is 1. The average molecular weight is 473 g/mol. The lowest BCUT2D eigenvalue weighted by Gasteiger charge is -2.13. The Hall–Kier alpha value is -3.08. The lowest BCUT2D eigenvalue weighted by molar-refractivity contribution is 0.0977. The van der Waals surface area contributed by atoms with Gasteiger partial charge in [-0.2, -0.15) is 9.61 Å². The lowest BCUT2D eigenvalue weighted by Crippen LogP contribution is -2.34. The minimum Gasteiger partial charge on any atom is -0.495 e. The van der Waals surface area contributed by atoms with Gasteiger partial charge in [-0.3, -0.25) is 10.1 Å². The van der Waals surface area contributed by atoms with Gasteiger partial charge in [-0.25, -0.2) is 0 Å². The van der Waals surface area contributed by atoms with Gasteiger partial charge in [0.05, 0.1) is 12.1 Å². The predicted molar refractivity (Wildman–Crippen MR) is 125 cm³/mol. The van der Waals surface area contributed by atoms with Crippen molar-refractivity contribution in [3.8, 4) is 16.3 Å². The summed E-state index contributed by atoms with van der Waals surface area (Å²) >= 11 is 12.9. The van der Waals surface area contributed by atoms with Gasteiger partial charge >= 0.3 is 0 Å².